The molecule has 0 aromatic carbocycles. The molecule has 0 spiro atoms. The summed E-state index contributed by atoms with van der Waals surface area (Å²) in [6, 6.07) is 0. The monoisotopic (exact) mass is 162 g/mol. The van der Waals surface area contributed by atoms with Crippen molar-refractivity contribution in [3.63, 3.8) is 0 Å². The third-order valence-electron chi connectivity index (χ3n) is 1.92. The van der Waals surface area contributed by atoms with Gasteiger partial charge in [-0.25, -0.2) is 4.98 Å². The SMILES string of the molecule is CCc1nncn2c(C)cnc12. The molecule has 4 heteroatoms. The first-order valence-corrected chi connectivity index (χ1v) is 3.97. The molecule has 0 bridgehead atoms. The van der Waals surface area contributed by atoms with Crippen molar-refractivity contribution in [2.75, 3.05) is 0 Å². The van der Waals surface area contributed by atoms with Crippen LogP contribution in [-0.4, -0.2) is 19.6 Å². The van der Waals surface area contributed by atoms with Crippen LogP contribution in [0.25, 0.3) is 5.65 Å². The second-order valence-electron chi connectivity index (χ2n) is 2.72. The molecule has 0 aliphatic heterocycles. The Labute approximate surface area is 70.3 Å². The van der Waals surface area contributed by atoms with Gasteiger partial charge < -0.3 is 0 Å². The van der Waals surface area contributed by atoms with Gasteiger partial charge in [0.05, 0.1) is 0 Å². The van der Waals surface area contributed by atoms with Crippen molar-refractivity contribution in [1.29, 1.82) is 0 Å². The van der Waals surface area contributed by atoms with Gasteiger partial charge in [-0.1, -0.05) is 6.92 Å². The van der Waals surface area contributed by atoms with E-state index in [0.717, 1.165) is 23.5 Å². The van der Waals surface area contributed by atoms with Crippen LogP contribution in [0.4, 0.5) is 0 Å². The molecule has 0 amide bonds. The summed E-state index contributed by atoms with van der Waals surface area (Å²) >= 11 is 0. The third kappa shape index (κ3) is 0.879. The zero-order valence-electron chi connectivity index (χ0n) is 7.15. The molecule has 2 heterocycles. The fraction of sp³-hybridized carbons (Fsp3) is 0.375. The predicted molar refractivity (Wildman–Crippen MR) is 44.9 cm³/mol. The molecule has 0 radical (unpaired) electrons. The molecule has 12 heavy (non-hydrogen) atoms. The maximum Gasteiger partial charge on any atom is 0.161 e. The van der Waals surface area contributed by atoms with E-state index in [0.29, 0.717) is 0 Å². The number of aromatic nitrogens is 4. The minimum atomic E-state index is 0.869. The minimum absolute atomic E-state index is 0.869. The van der Waals surface area contributed by atoms with E-state index in [1.54, 1.807) is 6.33 Å². The molecule has 2 rings (SSSR count). The smallest absolute Gasteiger partial charge is 0.161 e. The van der Waals surface area contributed by atoms with Crippen molar-refractivity contribution in [2.24, 2.45) is 0 Å². The summed E-state index contributed by atoms with van der Waals surface area (Å²) in [6.45, 7) is 4.05. The average molecular weight is 162 g/mol. The van der Waals surface area contributed by atoms with Crippen molar-refractivity contribution in [2.45, 2.75) is 20.3 Å². The molecule has 4 nitrogen and oxygen atoms in total. The number of fused-ring (bicyclic) bond motifs is 1. The highest BCUT2D eigenvalue weighted by Gasteiger charge is 2.03. The average Bonchev–Trinajstić information content (AvgIpc) is 2.48. The molecule has 0 aliphatic rings. The molecule has 0 unspecified atom stereocenters. The lowest BCUT2D eigenvalue weighted by molar-refractivity contribution is 0.861. The van der Waals surface area contributed by atoms with Gasteiger partial charge in [-0.3, -0.25) is 4.40 Å². The molecule has 2 aromatic heterocycles. The van der Waals surface area contributed by atoms with Crippen LogP contribution in [0.15, 0.2) is 12.5 Å². The highest BCUT2D eigenvalue weighted by molar-refractivity contribution is 5.43. The Morgan fingerprint density at radius 3 is 3.08 bits per heavy atom. The van der Waals surface area contributed by atoms with Gasteiger partial charge in [0, 0.05) is 11.9 Å². The first-order valence-electron chi connectivity index (χ1n) is 3.97. The summed E-state index contributed by atoms with van der Waals surface area (Å²) < 4.78 is 1.95. The highest BCUT2D eigenvalue weighted by Crippen LogP contribution is 2.07. The fourth-order valence-electron chi connectivity index (χ4n) is 1.23. The summed E-state index contributed by atoms with van der Waals surface area (Å²) in [5, 5.41) is 7.90. The minimum Gasteiger partial charge on any atom is -0.285 e. The van der Waals surface area contributed by atoms with Crippen LogP contribution in [0.1, 0.15) is 18.3 Å². The molecule has 62 valence electrons. The Morgan fingerprint density at radius 1 is 1.50 bits per heavy atom. The molecular formula is C8H10N4. The number of hydrogen-bond acceptors (Lipinski definition) is 3. The predicted octanol–water partition coefficient (Wildman–Crippen LogP) is 0.995. The van der Waals surface area contributed by atoms with Crippen molar-refractivity contribution < 1.29 is 0 Å². The van der Waals surface area contributed by atoms with Crippen molar-refractivity contribution in [1.82, 2.24) is 19.6 Å². The molecule has 2 aromatic rings. The lowest BCUT2D eigenvalue weighted by Crippen LogP contribution is -1.98. The summed E-state index contributed by atoms with van der Waals surface area (Å²) in [7, 11) is 0. The number of nitrogens with zero attached hydrogens (tertiary/aromatic N) is 4. The molecule has 0 fully saturated rings. The van der Waals surface area contributed by atoms with Crippen molar-refractivity contribution in [3.8, 4) is 0 Å². The largest absolute Gasteiger partial charge is 0.285 e. The van der Waals surface area contributed by atoms with Gasteiger partial charge in [0.15, 0.2) is 5.65 Å². The number of hydrogen-bond donors (Lipinski definition) is 0. The Hall–Kier alpha value is -1.45. The topological polar surface area (TPSA) is 43.1 Å². The van der Waals surface area contributed by atoms with Crippen LogP contribution >= 0.6 is 0 Å². The molecule has 0 N–H and O–H groups in total. The van der Waals surface area contributed by atoms with Crippen LogP contribution in [-0.2, 0) is 6.42 Å². The van der Waals surface area contributed by atoms with Gasteiger partial charge in [0.25, 0.3) is 0 Å². The van der Waals surface area contributed by atoms with Crippen LogP contribution in [0.2, 0.25) is 0 Å². The highest BCUT2D eigenvalue weighted by atomic mass is 15.2. The van der Waals surface area contributed by atoms with Crippen LogP contribution in [0.5, 0.6) is 0 Å². The molecular weight excluding hydrogens is 152 g/mol. The zero-order chi connectivity index (χ0) is 8.55. The Balaban J connectivity index is 2.81. The number of rotatable bonds is 1. The van der Waals surface area contributed by atoms with Gasteiger partial charge in [-0.2, -0.15) is 5.10 Å². The van der Waals surface area contributed by atoms with Gasteiger partial charge in [0.1, 0.15) is 12.0 Å². The quantitative estimate of drug-likeness (QED) is 0.628. The van der Waals surface area contributed by atoms with E-state index < -0.39 is 0 Å². The maximum atomic E-state index is 4.25. The van der Waals surface area contributed by atoms with E-state index in [4.69, 9.17) is 0 Å². The molecule has 0 atom stereocenters. The zero-order valence-corrected chi connectivity index (χ0v) is 7.15. The van der Waals surface area contributed by atoms with E-state index in [2.05, 4.69) is 15.2 Å². The van der Waals surface area contributed by atoms with Crippen LogP contribution < -0.4 is 0 Å². The van der Waals surface area contributed by atoms with Crippen molar-refractivity contribution in [3.05, 3.63) is 23.9 Å². The third-order valence-corrected chi connectivity index (χ3v) is 1.92. The fourth-order valence-corrected chi connectivity index (χ4v) is 1.23. The van der Waals surface area contributed by atoms with Crippen LogP contribution in [0.3, 0.4) is 0 Å². The van der Waals surface area contributed by atoms with Gasteiger partial charge >= 0.3 is 0 Å². The Kier molecular flexibility index (Phi) is 1.53. The van der Waals surface area contributed by atoms with E-state index in [1.807, 2.05) is 24.4 Å². The van der Waals surface area contributed by atoms with E-state index in [-0.39, 0.29) is 0 Å². The standard InChI is InChI=1S/C8H10N4/c1-3-7-8-9-4-6(2)12(8)5-10-11-7/h4-5H,3H2,1-2H3. The maximum absolute atomic E-state index is 4.25. The van der Waals surface area contributed by atoms with Gasteiger partial charge in [-0.05, 0) is 13.3 Å². The first-order chi connectivity index (χ1) is 5.83. The molecule has 0 saturated heterocycles. The van der Waals surface area contributed by atoms with Gasteiger partial charge in [-0.15, -0.1) is 5.10 Å². The normalized spacial score (nSPS) is 10.8. The second-order valence-corrected chi connectivity index (χ2v) is 2.72. The number of aryl methyl sites for hydroxylation is 2. The molecule has 0 saturated carbocycles. The Bertz CT molecular complexity index is 404. The first kappa shape index (κ1) is 7.21. The second kappa shape index (κ2) is 2.55. The summed E-state index contributed by atoms with van der Waals surface area (Å²) in [4.78, 5) is 4.25. The Morgan fingerprint density at radius 2 is 2.33 bits per heavy atom. The van der Waals surface area contributed by atoms with Crippen molar-refractivity contribution >= 4 is 5.65 Å². The van der Waals surface area contributed by atoms with Gasteiger partial charge in [0.2, 0.25) is 0 Å². The lowest BCUT2D eigenvalue weighted by atomic mass is 10.3. The summed E-state index contributed by atoms with van der Waals surface area (Å²) in [6.07, 6.45) is 4.39. The molecule has 0 aliphatic carbocycles. The van der Waals surface area contributed by atoms with Crippen LogP contribution in [0, 0.1) is 6.92 Å². The summed E-state index contributed by atoms with van der Waals surface area (Å²) in [5.74, 6) is 0. The van der Waals surface area contributed by atoms with E-state index >= 15 is 0 Å². The summed E-state index contributed by atoms with van der Waals surface area (Å²) in [5.41, 5.74) is 2.96. The van der Waals surface area contributed by atoms with E-state index in [1.165, 1.54) is 0 Å². The van der Waals surface area contributed by atoms with E-state index in [9.17, 15) is 0 Å². The lowest BCUT2D eigenvalue weighted by Gasteiger charge is -1.97. The number of imidazole rings is 1.